The zero-order valence-electron chi connectivity index (χ0n) is 20.2. The zero-order chi connectivity index (χ0) is 24.9. The van der Waals surface area contributed by atoms with E-state index in [1.54, 1.807) is 18.2 Å². The number of sulfonamides is 1. The lowest BCUT2D eigenvalue weighted by Gasteiger charge is -2.36. The minimum atomic E-state index is -3.98. The minimum absolute atomic E-state index is 0.129. The smallest absolute Gasteiger partial charge is 0.244 e. The standard InChI is InChI=1S/C27H28N2O5S/c1-16-11-17(2)19(4)26(18(16)3)35(31,32)29-14-21-8-6-5-7-20(21)12-23(29)27(30)28-22-9-10-24-25(13-22)34-15-33-24/h5-11,13,23H,12,14-15H2,1-4H3,(H,28,30)/t23-/m0/s1. The Bertz CT molecular complexity index is 1420. The normalized spacial score (nSPS) is 17.2. The number of carbonyl (C=O) groups excluding carboxylic acids is 1. The summed E-state index contributed by atoms with van der Waals surface area (Å²) in [4.78, 5) is 13.9. The van der Waals surface area contributed by atoms with Crippen molar-refractivity contribution in [3.63, 3.8) is 0 Å². The first-order valence-electron chi connectivity index (χ1n) is 11.5. The Kier molecular flexibility index (Phi) is 5.81. The molecule has 2 heterocycles. The second kappa shape index (κ2) is 8.70. The van der Waals surface area contributed by atoms with Gasteiger partial charge in [0.05, 0.1) is 4.90 Å². The maximum absolute atomic E-state index is 14.2. The van der Waals surface area contributed by atoms with Gasteiger partial charge in [-0.25, -0.2) is 8.42 Å². The van der Waals surface area contributed by atoms with Crippen LogP contribution in [0.25, 0.3) is 0 Å². The van der Waals surface area contributed by atoms with Gasteiger partial charge < -0.3 is 14.8 Å². The van der Waals surface area contributed by atoms with E-state index in [9.17, 15) is 13.2 Å². The van der Waals surface area contributed by atoms with Crippen molar-refractivity contribution in [2.75, 3.05) is 12.1 Å². The first-order valence-corrected chi connectivity index (χ1v) is 13.0. The first kappa shape index (κ1) is 23.4. The highest BCUT2D eigenvalue weighted by Crippen LogP contribution is 2.36. The molecule has 1 N–H and O–H groups in total. The van der Waals surface area contributed by atoms with E-state index in [-0.39, 0.29) is 30.6 Å². The zero-order valence-corrected chi connectivity index (χ0v) is 21.0. The van der Waals surface area contributed by atoms with Gasteiger partial charge in [-0.05, 0) is 79.6 Å². The Morgan fingerprint density at radius 2 is 1.57 bits per heavy atom. The molecule has 2 aliphatic heterocycles. The number of rotatable bonds is 4. The number of carbonyl (C=O) groups is 1. The molecule has 1 atom stereocenters. The van der Waals surface area contributed by atoms with Crippen molar-refractivity contribution in [2.45, 2.75) is 51.6 Å². The van der Waals surface area contributed by atoms with Gasteiger partial charge in [0, 0.05) is 18.3 Å². The van der Waals surface area contributed by atoms with Gasteiger partial charge in [0.25, 0.3) is 0 Å². The predicted molar refractivity (Wildman–Crippen MR) is 133 cm³/mol. The van der Waals surface area contributed by atoms with E-state index in [2.05, 4.69) is 5.32 Å². The summed E-state index contributed by atoms with van der Waals surface area (Å²) in [5.74, 6) is 0.768. The van der Waals surface area contributed by atoms with Crippen LogP contribution in [-0.2, 0) is 27.8 Å². The van der Waals surface area contributed by atoms with Gasteiger partial charge >= 0.3 is 0 Å². The maximum atomic E-state index is 14.2. The first-order chi connectivity index (χ1) is 16.7. The van der Waals surface area contributed by atoms with Crippen molar-refractivity contribution in [1.29, 1.82) is 0 Å². The molecule has 0 radical (unpaired) electrons. The molecule has 35 heavy (non-hydrogen) atoms. The molecule has 1 amide bonds. The summed E-state index contributed by atoms with van der Waals surface area (Å²) in [6.07, 6.45) is 0.286. The Labute approximate surface area is 205 Å². The molecule has 0 unspecified atom stereocenters. The third kappa shape index (κ3) is 4.06. The second-order valence-corrected chi connectivity index (χ2v) is 11.0. The van der Waals surface area contributed by atoms with Gasteiger partial charge in [-0.1, -0.05) is 30.3 Å². The van der Waals surface area contributed by atoms with Crippen LogP contribution in [0.4, 0.5) is 5.69 Å². The Morgan fingerprint density at radius 1 is 0.914 bits per heavy atom. The van der Waals surface area contributed by atoms with Crippen molar-refractivity contribution in [1.82, 2.24) is 4.31 Å². The monoisotopic (exact) mass is 492 g/mol. The number of hydrogen-bond acceptors (Lipinski definition) is 5. The average Bonchev–Trinajstić information content (AvgIpc) is 3.30. The van der Waals surface area contributed by atoms with E-state index >= 15 is 0 Å². The Hall–Kier alpha value is -3.36. The van der Waals surface area contributed by atoms with E-state index < -0.39 is 16.1 Å². The van der Waals surface area contributed by atoms with Gasteiger partial charge in [-0.3, -0.25) is 4.79 Å². The number of anilines is 1. The maximum Gasteiger partial charge on any atom is 0.244 e. The fraction of sp³-hybridized carbons (Fsp3) is 0.296. The number of aryl methyl sites for hydroxylation is 2. The fourth-order valence-corrected chi connectivity index (χ4v) is 7.00. The number of nitrogens with one attached hydrogen (secondary N) is 1. The summed E-state index contributed by atoms with van der Waals surface area (Å²) in [5, 5.41) is 2.90. The molecular weight excluding hydrogens is 464 g/mol. The van der Waals surface area contributed by atoms with Gasteiger partial charge in [-0.2, -0.15) is 4.31 Å². The summed E-state index contributed by atoms with van der Waals surface area (Å²) in [6, 6.07) is 13.9. The Balaban J connectivity index is 1.56. The lowest BCUT2D eigenvalue weighted by molar-refractivity contribution is -0.120. The van der Waals surface area contributed by atoms with E-state index in [4.69, 9.17) is 9.47 Å². The van der Waals surface area contributed by atoms with Gasteiger partial charge in [-0.15, -0.1) is 0 Å². The number of hydrogen-bond donors (Lipinski definition) is 1. The van der Waals surface area contributed by atoms with Crippen LogP contribution in [0.3, 0.4) is 0 Å². The van der Waals surface area contributed by atoms with Crippen LogP contribution < -0.4 is 14.8 Å². The molecule has 0 spiro atoms. The number of amides is 1. The minimum Gasteiger partial charge on any atom is -0.454 e. The molecule has 3 aromatic rings. The summed E-state index contributed by atoms with van der Waals surface area (Å²) in [7, 11) is -3.98. The average molecular weight is 493 g/mol. The number of nitrogens with zero attached hydrogens (tertiary/aromatic N) is 1. The molecule has 2 aliphatic rings. The fourth-order valence-electron chi connectivity index (χ4n) is 4.86. The lowest BCUT2D eigenvalue weighted by atomic mass is 9.95. The molecule has 3 aromatic carbocycles. The number of fused-ring (bicyclic) bond motifs is 2. The molecule has 5 rings (SSSR count). The van der Waals surface area contributed by atoms with Crippen molar-refractivity contribution >= 4 is 21.6 Å². The van der Waals surface area contributed by atoms with E-state index in [0.717, 1.165) is 22.3 Å². The van der Waals surface area contributed by atoms with E-state index in [1.165, 1.54) is 4.31 Å². The van der Waals surface area contributed by atoms with Crippen LogP contribution in [0.1, 0.15) is 33.4 Å². The van der Waals surface area contributed by atoms with Crippen LogP contribution in [0.2, 0.25) is 0 Å². The molecule has 0 fully saturated rings. The highest BCUT2D eigenvalue weighted by atomic mass is 32.2. The Morgan fingerprint density at radius 3 is 2.29 bits per heavy atom. The highest BCUT2D eigenvalue weighted by molar-refractivity contribution is 7.89. The molecule has 0 saturated carbocycles. The quantitative estimate of drug-likeness (QED) is 0.584. The molecule has 0 aromatic heterocycles. The van der Waals surface area contributed by atoms with E-state index in [1.807, 2.05) is 58.0 Å². The molecule has 0 bridgehead atoms. The third-order valence-corrected chi connectivity index (χ3v) is 9.14. The van der Waals surface area contributed by atoms with E-state index in [0.29, 0.717) is 28.3 Å². The lowest BCUT2D eigenvalue weighted by Crippen LogP contribution is -2.50. The van der Waals surface area contributed by atoms with Crippen molar-refractivity contribution in [3.05, 3.63) is 81.9 Å². The van der Waals surface area contributed by atoms with Crippen LogP contribution in [0, 0.1) is 27.7 Å². The molecule has 0 saturated heterocycles. The summed E-state index contributed by atoms with van der Waals surface area (Å²) >= 11 is 0. The van der Waals surface area contributed by atoms with Crippen LogP contribution in [-0.4, -0.2) is 31.5 Å². The molecule has 7 nitrogen and oxygen atoms in total. The van der Waals surface area contributed by atoms with Gasteiger partial charge in [0.2, 0.25) is 22.7 Å². The van der Waals surface area contributed by atoms with Crippen LogP contribution in [0.5, 0.6) is 11.5 Å². The van der Waals surface area contributed by atoms with Gasteiger partial charge in [0.1, 0.15) is 6.04 Å². The third-order valence-electron chi connectivity index (χ3n) is 7.01. The summed E-state index contributed by atoms with van der Waals surface area (Å²) < 4.78 is 40.5. The van der Waals surface area contributed by atoms with Crippen LogP contribution in [0.15, 0.2) is 53.4 Å². The molecule has 0 aliphatic carbocycles. The number of benzene rings is 3. The number of ether oxygens (including phenoxy) is 2. The molecular formula is C27H28N2O5S. The van der Waals surface area contributed by atoms with Crippen LogP contribution >= 0.6 is 0 Å². The summed E-state index contributed by atoms with van der Waals surface area (Å²) in [5.41, 5.74) is 5.63. The second-order valence-electron chi connectivity index (χ2n) is 9.19. The van der Waals surface area contributed by atoms with Gasteiger partial charge in [0.15, 0.2) is 11.5 Å². The topological polar surface area (TPSA) is 84.9 Å². The predicted octanol–water partition coefficient (Wildman–Crippen LogP) is 4.40. The van der Waals surface area contributed by atoms with Crippen molar-refractivity contribution < 1.29 is 22.7 Å². The summed E-state index contributed by atoms with van der Waals surface area (Å²) in [6.45, 7) is 7.74. The largest absolute Gasteiger partial charge is 0.454 e. The molecule has 182 valence electrons. The molecule has 8 heteroatoms. The SMILES string of the molecule is Cc1cc(C)c(C)c(S(=O)(=O)N2Cc3ccccc3C[C@H]2C(=O)Nc2ccc3c(c2)OCO3)c1C. The van der Waals surface area contributed by atoms with Crippen molar-refractivity contribution in [2.24, 2.45) is 0 Å². The highest BCUT2D eigenvalue weighted by Gasteiger charge is 2.41. The van der Waals surface area contributed by atoms with Crippen molar-refractivity contribution in [3.8, 4) is 11.5 Å².